The van der Waals surface area contributed by atoms with Gasteiger partial charge in [-0.15, -0.1) is 0 Å². The lowest BCUT2D eigenvalue weighted by molar-refractivity contribution is 0.177. The van der Waals surface area contributed by atoms with Gasteiger partial charge in [-0.3, -0.25) is 0 Å². The van der Waals surface area contributed by atoms with Crippen LogP contribution in [0.2, 0.25) is 10.0 Å². The summed E-state index contributed by atoms with van der Waals surface area (Å²) in [4.78, 5) is 2.63. The van der Waals surface area contributed by atoms with Crippen molar-refractivity contribution >= 4 is 28.9 Å². The third-order valence-electron chi connectivity index (χ3n) is 4.20. The smallest absolute Gasteiger partial charge is 0.0612 e. The van der Waals surface area contributed by atoms with Crippen LogP contribution in [0.5, 0.6) is 0 Å². The molecule has 0 aromatic heterocycles. The lowest BCUT2D eigenvalue weighted by Crippen LogP contribution is -2.38. The summed E-state index contributed by atoms with van der Waals surface area (Å²) in [5.74, 6) is 0.731. The van der Waals surface area contributed by atoms with Crippen molar-refractivity contribution in [1.82, 2.24) is 4.90 Å². The Morgan fingerprint density at radius 3 is 2.86 bits per heavy atom. The number of nitrogens with zero attached hydrogens (tertiary/aromatic N) is 1. The molecular weight excluding hydrogens is 303 g/mol. The number of nitrogens with one attached hydrogen (secondary N) is 1. The maximum Gasteiger partial charge on any atom is 0.0612 e. The summed E-state index contributed by atoms with van der Waals surface area (Å²) in [6.07, 6.45) is 6.63. The van der Waals surface area contributed by atoms with Crippen LogP contribution in [0.4, 0.5) is 5.69 Å². The minimum absolute atomic E-state index is 0.613. The van der Waals surface area contributed by atoms with Gasteiger partial charge < -0.3 is 10.2 Å². The first-order valence-electron chi connectivity index (χ1n) is 8.10. The second-order valence-electron chi connectivity index (χ2n) is 6.03. The third kappa shape index (κ3) is 5.69. The molecule has 1 fully saturated rings. The van der Waals surface area contributed by atoms with Gasteiger partial charge in [0, 0.05) is 18.8 Å². The molecule has 1 saturated heterocycles. The van der Waals surface area contributed by atoms with E-state index >= 15 is 0 Å². The molecule has 0 bridgehead atoms. The SMILES string of the molecule is CCCCCN1CCCC(CNc2ccc(Cl)c(Cl)c2)C1. The highest BCUT2D eigenvalue weighted by Gasteiger charge is 2.19. The van der Waals surface area contributed by atoms with E-state index < -0.39 is 0 Å². The summed E-state index contributed by atoms with van der Waals surface area (Å²) < 4.78 is 0. The Hall–Kier alpha value is -0.440. The van der Waals surface area contributed by atoms with Crippen LogP contribution in [0, 0.1) is 5.92 Å². The van der Waals surface area contributed by atoms with Gasteiger partial charge in [-0.05, 0) is 56.5 Å². The number of halogens is 2. The average molecular weight is 329 g/mol. The van der Waals surface area contributed by atoms with E-state index in [1.807, 2.05) is 18.2 Å². The second kappa shape index (κ2) is 8.87. The number of anilines is 1. The van der Waals surface area contributed by atoms with E-state index in [1.165, 1.54) is 51.7 Å². The van der Waals surface area contributed by atoms with Crippen molar-refractivity contribution in [3.8, 4) is 0 Å². The van der Waals surface area contributed by atoms with Crippen molar-refractivity contribution in [1.29, 1.82) is 0 Å². The fraction of sp³-hybridized carbons (Fsp3) is 0.647. The molecule has 1 unspecified atom stereocenters. The lowest BCUT2D eigenvalue weighted by atomic mass is 9.97. The Kier molecular flexibility index (Phi) is 7.15. The van der Waals surface area contributed by atoms with E-state index in [4.69, 9.17) is 23.2 Å². The van der Waals surface area contributed by atoms with Gasteiger partial charge in [-0.2, -0.15) is 0 Å². The lowest BCUT2D eigenvalue weighted by Gasteiger charge is -2.33. The van der Waals surface area contributed by atoms with Crippen molar-refractivity contribution in [3.05, 3.63) is 28.2 Å². The van der Waals surface area contributed by atoms with E-state index in [0.29, 0.717) is 10.0 Å². The number of likely N-dealkylation sites (tertiary alicyclic amines) is 1. The average Bonchev–Trinajstić information content (AvgIpc) is 2.49. The topological polar surface area (TPSA) is 15.3 Å². The molecule has 1 N–H and O–H groups in total. The first kappa shape index (κ1) is 16.9. The molecule has 2 nitrogen and oxygen atoms in total. The van der Waals surface area contributed by atoms with Gasteiger partial charge in [-0.1, -0.05) is 43.0 Å². The van der Waals surface area contributed by atoms with E-state index in [0.717, 1.165) is 18.2 Å². The fourth-order valence-corrected chi connectivity index (χ4v) is 3.27. The van der Waals surface area contributed by atoms with E-state index in [-0.39, 0.29) is 0 Å². The minimum Gasteiger partial charge on any atom is -0.385 e. The third-order valence-corrected chi connectivity index (χ3v) is 4.93. The number of hydrogen-bond donors (Lipinski definition) is 1. The molecule has 1 atom stereocenters. The van der Waals surface area contributed by atoms with Crippen LogP contribution in [0.15, 0.2) is 18.2 Å². The van der Waals surface area contributed by atoms with Crippen molar-refractivity contribution in [3.63, 3.8) is 0 Å². The Morgan fingerprint density at radius 2 is 2.10 bits per heavy atom. The summed E-state index contributed by atoms with van der Waals surface area (Å²) in [5.41, 5.74) is 1.06. The molecule has 118 valence electrons. The van der Waals surface area contributed by atoms with E-state index in [2.05, 4.69) is 17.1 Å². The van der Waals surface area contributed by atoms with Gasteiger partial charge >= 0.3 is 0 Å². The normalized spacial score (nSPS) is 19.7. The monoisotopic (exact) mass is 328 g/mol. The summed E-state index contributed by atoms with van der Waals surface area (Å²) in [5, 5.41) is 4.73. The maximum absolute atomic E-state index is 6.05. The van der Waals surface area contributed by atoms with E-state index in [1.54, 1.807) is 0 Å². The van der Waals surface area contributed by atoms with Crippen LogP contribution in [0.1, 0.15) is 39.0 Å². The summed E-state index contributed by atoms with van der Waals surface area (Å²) in [6.45, 7) is 7.03. The Balaban J connectivity index is 1.75. The summed E-state index contributed by atoms with van der Waals surface area (Å²) in [6, 6.07) is 5.76. The first-order valence-corrected chi connectivity index (χ1v) is 8.86. The molecule has 1 aliphatic rings. The van der Waals surface area contributed by atoms with Crippen molar-refractivity contribution in [2.45, 2.75) is 39.0 Å². The molecule has 0 amide bonds. The quantitative estimate of drug-likeness (QED) is 0.682. The number of rotatable bonds is 7. The zero-order valence-corrected chi connectivity index (χ0v) is 14.4. The zero-order valence-electron chi connectivity index (χ0n) is 12.9. The predicted octanol–water partition coefficient (Wildman–Crippen LogP) is 5.31. The molecule has 4 heteroatoms. The number of hydrogen-bond acceptors (Lipinski definition) is 2. The van der Waals surface area contributed by atoms with Gasteiger partial charge in [0.05, 0.1) is 10.0 Å². The minimum atomic E-state index is 0.613. The number of unbranched alkanes of at least 4 members (excludes halogenated alkanes) is 2. The Morgan fingerprint density at radius 1 is 1.24 bits per heavy atom. The number of benzene rings is 1. The van der Waals surface area contributed by atoms with Gasteiger partial charge in [0.15, 0.2) is 0 Å². The van der Waals surface area contributed by atoms with Crippen LogP contribution in [-0.4, -0.2) is 31.1 Å². The molecule has 0 saturated carbocycles. The van der Waals surface area contributed by atoms with Crippen LogP contribution < -0.4 is 5.32 Å². The Labute approximate surface area is 138 Å². The molecule has 0 radical (unpaired) electrons. The van der Waals surface area contributed by atoms with Crippen molar-refractivity contribution < 1.29 is 0 Å². The van der Waals surface area contributed by atoms with Crippen molar-refractivity contribution in [2.75, 3.05) is 31.5 Å². The molecule has 1 aliphatic heterocycles. The predicted molar refractivity (Wildman–Crippen MR) is 93.6 cm³/mol. The first-order chi connectivity index (χ1) is 10.2. The van der Waals surface area contributed by atoms with Gasteiger partial charge in [0.25, 0.3) is 0 Å². The molecular formula is C17H26Cl2N2. The molecule has 21 heavy (non-hydrogen) atoms. The highest BCUT2D eigenvalue weighted by Crippen LogP contribution is 2.25. The van der Waals surface area contributed by atoms with Crippen LogP contribution in [-0.2, 0) is 0 Å². The molecule has 1 aromatic carbocycles. The van der Waals surface area contributed by atoms with Crippen LogP contribution >= 0.6 is 23.2 Å². The number of piperidine rings is 1. The summed E-state index contributed by atoms with van der Waals surface area (Å²) >= 11 is 12.0. The molecule has 1 heterocycles. The fourth-order valence-electron chi connectivity index (χ4n) is 2.97. The summed E-state index contributed by atoms with van der Waals surface area (Å²) in [7, 11) is 0. The molecule has 1 aromatic rings. The van der Waals surface area contributed by atoms with Crippen molar-refractivity contribution in [2.24, 2.45) is 5.92 Å². The van der Waals surface area contributed by atoms with Crippen LogP contribution in [0.25, 0.3) is 0 Å². The Bertz CT molecular complexity index is 437. The van der Waals surface area contributed by atoms with Gasteiger partial charge in [0.2, 0.25) is 0 Å². The standard InChI is InChI=1S/C17H26Cl2N2/c1-2-3-4-9-21-10-5-6-14(13-21)12-20-15-7-8-16(18)17(19)11-15/h7-8,11,14,20H,2-6,9-10,12-13H2,1H3. The molecule has 0 spiro atoms. The van der Waals surface area contributed by atoms with Gasteiger partial charge in [0.1, 0.15) is 0 Å². The largest absolute Gasteiger partial charge is 0.385 e. The van der Waals surface area contributed by atoms with Gasteiger partial charge in [-0.25, -0.2) is 0 Å². The second-order valence-corrected chi connectivity index (χ2v) is 6.84. The molecule has 0 aliphatic carbocycles. The highest BCUT2D eigenvalue weighted by molar-refractivity contribution is 6.42. The van der Waals surface area contributed by atoms with Crippen LogP contribution in [0.3, 0.4) is 0 Å². The maximum atomic E-state index is 6.05. The zero-order chi connectivity index (χ0) is 15.1. The molecule has 2 rings (SSSR count). The van der Waals surface area contributed by atoms with E-state index in [9.17, 15) is 0 Å². The highest BCUT2D eigenvalue weighted by atomic mass is 35.5.